The fourth-order valence-corrected chi connectivity index (χ4v) is 3.02. The molecule has 5 nitrogen and oxygen atoms in total. The van der Waals surface area contributed by atoms with E-state index < -0.39 is 10.0 Å². The third-order valence-corrected chi connectivity index (χ3v) is 4.02. The number of anilines is 1. The number of nitrogens with zero attached hydrogens (tertiary/aromatic N) is 1. The molecule has 100 valence electrons. The van der Waals surface area contributed by atoms with Gasteiger partial charge in [0, 0.05) is 12.7 Å². The summed E-state index contributed by atoms with van der Waals surface area (Å²) in [7, 11) is -1.82. The predicted octanol–water partition coefficient (Wildman–Crippen LogP) is 1.60. The zero-order chi connectivity index (χ0) is 13.7. The maximum absolute atomic E-state index is 12.3. The van der Waals surface area contributed by atoms with Crippen LogP contribution in [0.25, 0.3) is 0 Å². The fourth-order valence-electron chi connectivity index (χ4n) is 1.74. The van der Waals surface area contributed by atoms with E-state index in [2.05, 4.69) is 15.0 Å². The maximum atomic E-state index is 12.3. The normalized spacial score (nSPS) is 11.2. The number of hydrogen-bond acceptors (Lipinski definition) is 4. The molecule has 0 aliphatic carbocycles. The van der Waals surface area contributed by atoms with Gasteiger partial charge in [-0.25, -0.2) is 8.42 Å². The number of rotatable bonds is 5. The first-order valence-electron chi connectivity index (χ1n) is 5.79. The Morgan fingerprint density at radius 2 is 1.95 bits per heavy atom. The van der Waals surface area contributed by atoms with Crippen LogP contribution in [0.5, 0.6) is 0 Å². The first-order chi connectivity index (χ1) is 9.13. The van der Waals surface area contributed by atoms with Crippen LogP contribution in [-0.2, 0) is 16.6 Å². The van der Waals surface area contributed by atoms with Crippen molar-refractivity contribution in [1.82, 2.24) is 10.3 Å². The van der Waals surface area contributed by atoms with Gasteiger partial charge in [-0.1, -0.05) is 18.2 Å². The monoisotopic (exact) mass is 277 g/mol. The molecule has 0 aliphatic heterocycles. The molecule has 2 N–H and O–H groups in total. The van der Waals surface area contributed by atoms with Crippen molar-refractivity contribution >= 4 is 15.7 Å². The van der Waals surface area contributed by atoms with Gasteiger partial charge in [-0.05, 0) is 30.8 Å². The summed E-state index contributed by atoms with van der Waals surface area (Å²) < 4.78 is 27.2. The zero-order valence-electron chi connectivity index (χ0n) is 10.5. The van der Waals surface area contributed by atoms with Crippen LogP contribution in [-0.4, -0.2) is 20.4 Å². The van der Waals surface area contributed by atoms with Crippen molar-refractivity contribution in [1.29, 1.82) is 0 Å². The maximum Gasteiger partial charge on any atom is 0.262 e. The quantitative estimate of drug-likeness (QED) is 0.871. The number of pyridine rings is 1. The van der Waals surface area contributed by atoms with Crippen molar-refractivity contribution in [3.8, 4) is 0 Å². The highest BCUT2D eigenvalue weighted by Crippen LogP contribution is 2.18. The molecule has 1 aromatic heterocycles. The number of hydrogen-bond donors (Lipinski definition) is 2. The van der Waals surface area contributed by atoms with Crippen molar-refractivity contribution in [3.05, 3.63) is 54.4 Å². The molecule has 0 spiro atoms. The van der Waals surface area contributed by atoms with Gasteiger partial charge in [0.2, 0.25) is 0 Å². The Labute approximate surface area is 112 Å². The van der Waals surface area contributed by atoms with E-state index in [4.69, 9.17) is 0 Å². The molecule has 0 bridgehead atoms. The lowest BCUT2D eigenvalue weighted by Gasteiger charge is -2.11. The number of benzene rings is 1. The molecule has 6 heteroatoms. The van der Waals surface area contributed by atoms with Crippen LogP contribution in [0.2, 0.25) is 0 Å². The summed E-state index contributed by atoms with van der Waals surface area (Å²) in [6, 6.07) is 10.2. The van der Waals surface area contributed by atoms with Crippen LogP contribution in [0.15, 0.2) is 53.7 Å². The average Bonchev–Trinajstić information content (AvgIpc) is 2.40. The molecule has 2 aromatic rings. The highest BCUT2D eigenvalue weighted by atomic mass is 32.2. The van der Waals surface area contributed by atoms with Gasteiger partial charge in [-0.15, -0.1) is 0 Å². The lowest BCUT2D eigenvalue weighted by Crippen LogP contribution is -2.17. The van der Waals surface area contributed by atoms with Crippen LogP contribution < -0.4 is 10.0 Å². The third-order valence-electron chi connectivity index (χ3n) is 2.54. The van der Waals surface area contributed by atoms with E-state index >= 15 is 0 Å². The van der Waals surface area contributed by atoms with Gasteiger partial charge in [0.15, 0.2) is 0 Å². The van der Waals surface area contributed by atoms with Gasteiger partial charge in [0.25, 0.3) is 10.0 Å². The van der Waals surface area contributed by atoms with Gasteiger partial charge < -0.3 is 5.32 Å². The molecule has 1 heterocycles. The summed E-state index contributed by atoms with van der Waals surface area (Å²) in [4.78, 5) is 4.15. The van der Waals surface area contributed by atoms with Gasteiger partial charge >= 0.3 is 0 Å². The van der Waals surface area contributed by atoms with Crippen molar-refractivity contribution in [2.24, 2.45) is 0 Å². The minimum atomic E-state index is -3.60. The van der Waals surface area contributed by atoms with E-state index in [1.165, 1.54) is 6.20 Å². The van der Waals surface area contributed by atoms with Crippen LogP contribution in [0.3, 0.4) is 0 Å². The minimum Gasteiger partial charge on any atom is -0.316 e. The van der Waals surface area contributed by atoms with Crippen LogP contribution in [0.1, 0.15) is 5.56 Å². The first kappa shape index (κ1) is 13.5. The Hall–Kier alpha value is -1.92. The van der Waals surface area contributed by atoms with Gasteiger partial charge in [-0.2, -0.15) is 0 Å². The van der Waals surface area contributed by atoms with Crippen LogP contribution in [0, 0.1) is 0 Å². The van der Waals surface area contributed by atoms with Gasteiger partial charge in [0.1, 0.15) is 0 Å². The summed E-state index contributed by atoms with van der Waals surface area (Å²) in [6.07, 6.45) is 3.06. The number of sulfonamides is 1. The molecule has 0 atom stereocenters. The van der Waals surface area contributed by atoms with Gasteiger partial charge in [-0.3, -0.25) is 9.71 Å². The van der Waals surface area contributed by atoms with Crippen LogP contribution in [0.4, 0.5) is 5.69 Å². The second kappa shape index (κ2) is 5.81. The minimum absolute atomic E-state index is 0.271. The smallest absolute Gasteiger partial charge is 0.262 e. The lowest BCUT2D eigenvalue weighted by atomic mass is 10.2. The third kappa shape index (κ3) is 3.30. The fraction of sp³-hybridized carbons (Fsp3) is 0.154. The Morgan fingerprint density at radius 1 is 1.16 bits per heavy atom. The van der Waals surface area contributed by atoms with E-state index in [0.717, 1.165) is 5.56 Å². The standard InChI is InChI=1S/C13H15N3O2S/c1-14-9-11-5-2-3-7-13(11)19(17,18)16-12-6-4-8-15-10-12/h2-8,10,14,16H,9H2,1H3. The molecule has 0 unspecified atom stereocenters. The summed E-state index contributed by atoms with van der Waals surface area (Å²) in [5.41, 5.74) is 1.17. The Morgan fingerprint density at radius 3 is 2.63 bits per heavy atom. The molecule has 0 amide bonds. The topological polar surface area (TPSA) is 71.1 Å². The Kier molecular flexibility index (Phi) is 4.13. The lowest BCUT2D eigenvalue weighted by molar-refractivity contribution is 0.599. The van der Waals surface area contributed by atoms with Crippen LogP contribution >= 0.6 is 0 Å². The Bertz CT molecular complexity index is 642. The number of nitrogens with one attached hydrogen (secondary N) is 2. The first-order valence-corrected chi connectivity index (χ1v) is 7.27. The highest BCUT2D eigenvalue weighted by molar-refractivity contribution is 7.92. The summed E-state index contributed by atoms with van der Waals surface area (Å²) >= 11 is 0. The second-order valence-electron chi connectivity index (χ2n) is 3.99. The molecule has 0 fully saturated rings. The number of aromatic nitrogens is 1. The zero-order valence-corrected chi connectivity index (χ0v) is 11.3. The molecule has 19 heavy (non-hydrogen) atoms. The molecule has 2 rings (SSSR count). The summed E-state index contributed by atoms with van der Waals surface area (Å²) in [5, 5.41) is 2.96. The van der Waals surface area contributed by atoms with E-state index in [-0.39, 0.29) is 4.90 Å². The van der Waals surface area contributed by atoms with E-state index in [1.54, 1.807) is 43.6 Å². The average molecular weight is 277 g/mol. The Balaban J connectivity index is 2.35. The van der Waals surface area contributed by atoms with E-state index in [9.17, 15) is 8.42 Å². The highest BCUT2D eigenvalue weighted by Gasteiger charge is 2.17. The molecule has 0 radical (unpaired) electrons. The molecule has 0 saturated carbocycles. The van der Waals surface area contributed by atoms with Crippen molar-refractivity contribution in [3.63, 3.8) is 0 Å². The molecule has 0 aliphatic rings. The largest absolute Gasteiger partial charge is 0.316 e. The van der Waals surface area contributed by atoms with Crippen molar-refractivity contribution in [2.45, 2.75) is 11.4 Å². The summed E-state index contributed by atoms with van der Waals surface area (Å²) in [5.74, 6) is 0. The molecular weight excluding hydrogens is 262 g/mol. The molecule has 0 saturated heterocycles. The summed E-state index contributed by atoms with van der Waals surface area (Å²) in [6.45, 7) is 0.490. The van der Waals surface area contributed by atoms with Crippen molar-refractivity contribution in [2.75, 3.05) is 11.8 Å². The van der Waals surface area contributed by atoms with E-state index in [0.29, 0.717) is 12.2 Å². The SMILES string of the molecule is CNCc1ccccc1S(=O)(=O)Nc1cccnc1. The van der Waals surface area contributed by atoms with Gasteiger partial charge in [0.05, 0.1) is 16.8 Å². The van der Waals surface area contributed by atoms with E-state index in [1.807, 2.05) is 6.07 Å². The molecular formula is C13H15N3O2S. The molecule has 1 aromatic carbocycles. The second-order valence-corrected chi connectivity index (χ2v) is 5.64. The van der Waals surface area contributed by atoms with Crippen molar-refractivity contribution < 1.29 is 8.42 Å². The predicted molar refractivity (Wildman–Crippen MR) is 74.3 cm³/mol.